The molecule has 0 aliphatic carbocycles. The molecular weight excluding hydrogens is 256 g/mol. The number of non-ortho nitro benzene ring substituents is 1. The second kappa shape index (κ2) is 5.83. The zero-order chi connectivity index (χ0) is 14.7. The average molecular weight is 274 g/mol. The maximum atomic E-state index is 11.3. The molecule has 0 unspecified atom stereocenters. The number of rotatable bonds is 5. The Kier molecular flexibility index (Phi) is 4.14. The van der Waals surface area contributed by atoms with Crippen LogP contribution in [0.1, 0.15) is 13.3 Å². The lowest BCUT2D eigenvalue weighted by molar-refractivity contribution is -0.383. The number of nitrogens with zero attached hydrogens (tertiary/aromatic N) is 4. The number of hydrogen-bond acceptors (Lipinski definition) is 5. The van der Waals surface area contributed by atoms with E-state index in [-0.39, 0.29) is 10.6 Å². The summed E-state index contributed by atoms with van der Waals surface area (Å²) < 4.78 is 0. The van der Waals surface area contributed by atoms with Gasteiger partial charge in [-0.05, 0) is 18.6 Å². The van der Waals surface area contributed by atoms with Gasteiger partial charge in [0.2, 0.25) is 0 Å². The standard InChI is InChI=1S/C14H18N4O2/c1-4-10-17(16(2)3)12-8-9-15-11-6-5-7-13(14(11)12)18(19)20/h5-9H,4,10H2,1-3H3. The van der Waals surface area contributed by atoms with Gasteiger partial charge in [0.1, 0.15) is 5.39 Å². The molecule has 0 saturated carbocycles. The fraction of sp³-hybridized carbons (Fsp3) is 0.357. The molecule has 0 aliphatic heterocycles. The highest BCUT2D eigenvalue weighted by Crippen LogP contribution is 2.33. The molecule has 0 fully saturated rings. The summed E-state index contributed by atoms with van der Waals surface area (Å²) >= 11 is 0. The zero-order valence-corrected chi connectivity index (χ0v) is 11.9. The number of hydrogen-bond donors (Lipinski definition) is 0. The van der Waals surface area contributed by atoms with E-state index < -0.39 is 0 Å². The van der Waals surface area contributed by atoms with Crippen LogP contribution in [0.2, 0.25) is 0 Å². The maximum Gasteiger partial charge on any atom is 0.280 e. The Labute approximate surface area is 117 Å². The van der Waals surface area contributed by atoms with Crippen LogP contribution in [0.4, 0.5) is 11.4 Å². The van der Waals surface area contributed by atoms with Crippen LogP contribution >= 0.6 is 0 Å². The van der Waals surface area contributed by atoms with Gasteiger partial charge in [0.05, 0.1) is 16.1 Å². The maximum absolute atomic E-state index is 11.3. The first kappa shape index (κ1) is 14.2. The molecule has 1 aromatic carbocycles. The van der Waals surface area contributed by atoms with Gasteiger partial charge in [-0.25, -0.2) is 5.01 Å². The molecule has 0 radical (unpaired) electrons. The number of nitro groups is 1. The summed E-state index contributed by atoms with van der Waals surface area (Å²) in [5.41, 5.74) is 1.54. The van der Waals surface area contributed by atoms with Crippen LogP contribution in [-0.4, -0.2) is 35.6 Å². The number of nitro benzene ring substituents is 1. The molecule has 20 heavy (non-hydrogen) atoms. The molecule has 0 atom stereocenters. The SMILES string of the molecule is CCCN(c1ccnc2cccc([N+](=O)[O-])c12)N(C)C. The largest absolute Gasteiger partial charge is 0.305 e. The lowest BCUT2D eigenvalue weighted by Gasteiger charge is -2.31. The number of aromatic nitrogens is 1. The van der Waals surface area contributed by atoms with Gasteiger partial charge >= 0.3 is 0 Å². The van der Waals surface area contributed by atoms with Crippen molar-refractivity contribution >= 4 is 22.3 Å². The summed E-state index contributed by atoms with van der Waals surface area (Å²) in [6.07, 6.45) is 2.64. The molecule has 106 valence electrons. The van der Waals surface area contributed by atoms with Gasteiger partial charge in [-0.1, -0.05) is 13.0 Å². The topological polar surface area (TPSA) is 62.5 Å². The van der Waals surface area contributed by atoms with Crippen molar-refractivity contribution in [1.82, 2.24) is 9.99 Å². The quantitative estimate of drug-likeness (QED) is 0.619. The molecule has 2 aromatic rings. The van der Waals surface area contributed by atoms with Gasteiger partial charge < -0.3 is 5.01 Å². The Morgan fingerprint density at radius 2 is 2.05 bits per heavy atom. The van der Waals surface area contributed by atoms with Crippen LogP contribution in [-0.2, 0) is 0 Å². The minimum Gasteiger partial charge on any atom is -0.305 e. The molecule has 6 heteroatoms. The highest BCUT2D eigenvalue weighted by atomic mass is 16.6. The van der Waals surface area contributed by atoms with Crippen molar-refractivity contribution in [2.24, 2.45) is 0 Å². The highest BCUT2D eigenvalue weighted by molar-refractivity contribution is 5.98. The number of hydrazine groups is 1. The third-order valence-electron chi connectivity index (χ3n) is 3.12. The molecule has 2 rings (SSSR count). The lowest BCUT2D eigenvalue weighted by Crippen LogP contribution is -2.37. The molecule has 0 N–H and O–H groups in total. The minimum atomic E-state index is -0.354. The van der Waals surface area contributed by atoms with Crippen molar-refractivity contribution in [2.45, 2.75) is 13.3 Å². The summed E-state index contributed by atoms with van der Waals surface area (Å²) in [5, 5.41) is 15.8. The van der Waals surface area contributed by atoms with E-state index in [0.29, 0.717) is 10.9 Å². The molecule has 0 spiro atoms. The van der Waals surface area contributed by atoms with Crippen LogP contribution in [0, 0.1) is 10.1 Å². The molecular formula is C14H18N4O2. The zero-order valence-electron chi connectivity index (χ0n) is 11.9. The van der Waals surface area contributed by atoms with Gasteiger partial charge in [-0.3, -0.25) is 15.1 Å². The van der Waals surface area contributed by atoms with Crippen LogP contribution < -0.4 is 5.01 Å². The third-order valence-corrected chi connectivity index (χ3v) is 3.12. The second-order valence-corrected chi connectivity index (χ2v) is 4.73. The van der Waals surface area contributed by atoms with Crippen molar-refractivity contribution in [3.8, 4) is 0 Å². The van der Waals surface area contributed by atoms with Gasteiger partial charge in [-0.2, -0.15) is 0 Å². The second-order valence-electron chi connectivity index (χ2n) is 4.73. The first-order valence-electron chi connectivity index (χ1n) is 6.53. The van der Waals surface area contributed by atoms with Gasteiger partial charge in [-0.15, -0.1) is 0 Å². The lowest BCUT2D eigenvalue weighted by atomic mass is 10.1. The summed E-state index contributed by atoms with van der Waals surface area (Å²) in [5.74, 6) is 0. The number of fused-ring (bicyclic) bond motifs is 1. The Hall–Kier alpha value is -2.21. The van der Waals surface area contributed by atoms with Crippen molar-refractivity contribution in [1.29, 1.82) is 0 Å². The minimum absolute atomic E-state index is 0.0913. The Morgan fingerprint density at radius 1 is 1.30 bits per heavy atom. The van der Waals surface area contributed by atoms with E-state index in [1.54, 1.807) is 18.3 Å². The van der Waals surface area contributed by atoms with Crippen molar-refractivity contribution < 1.29 is 4.92 Å². The normalized spacial score (nSPS) is 11.0. The Balaban J connectivity index is 2.71. The van der Waals surface area contributed by atoms with Crippen molar-refractivity contribution in [3.63, 3.8) is 0 Å². The van der Waals surface area contributed by atoms with Gasteiger partial charge in [0.15, 0.2) is 0 Å². The van der Waals surface area contributed by atoms with Gasteiger partial charge in [0, 0.05) is 32.9 Å². The molecule has 0 bridgehead atoms. The first-order valence-corrected chi connectivity index (χ1v) is 6.53. The summed E-state index contributed by atoms with van der Waals surface area (Å²) in [6, 6.07) is 6.81. The van der Waals surface area contributed by atoms with Crippen molar-refractivity contribution in [2.75, 3.05) is 25.6 Å². The van der Waals surface area contributed by atoms with E-state index in [1.165, 1.54) is 6.07 Å². The molecule has 0 aliphatic rings. The Bertz CT molecular complexity index is 622. The van der Waals surface area contributed by atoms with Crippen LogP contribution in [0.3, 0.4) is 0 Å². The van der Waals surface area contributed by atoms with Crippen molar-refractivity contribution in [3.05, 3.63) is 40.6 Å². The van der Waals surface area contributed by atoms with E-state index in [0.717, 1.165) is 18.7 Å². The molecule has 1 aromatic heterocycles. The van der Waals surface area contributed by atoms with E-state index in [9.17, 15) is 10.1 Å². The first-order chi connectivity index (χ1) is 9.56. The smallest absolute Gasteiger partial charge is 0.280 e. The fourth-order valence-electron chi connectivity index (χ4n) is 2.28. The average Bonchev–Trinajstić information content (AvgIpc) is 2.43. The number of anilines is 1. The number of benzene rings is 1. The molecule has 0 amide bonds. The van der Waals surface area contributed by atoms with Crippen LogP contribution in [0.25, 0.3) is 10.9 Å². The molecule has 0 saturated heterocycles. The molecule has 1 heterocycles. The van der Waals surface area contributed by atoms with E-state index in [2.05, 4.69) is 11.9 Å². The number of pyridine rings is 1. The Morgan fingerprint density at radius 3 is 2.65 bits per heavy atom. The van der Waals surface area contributed by atoms with Crippen LogP contribution in [0.15, 0.2) is 30.5 Å². The predicted octanol–water partition coefficient (Wildman–Crippen LogP) is 2.84. The predicted molar refractivity (Wildman–Crippen MR) is 79.7 cm³/mol. The fourth-order valence-corrected chi connectivity index (χ4v) is 2.28. The van der Waals surface area contributed by atoms with E-state index in [4.69, 9.17) is 0 Å². The highest BCUT2D eigenvalue weighted by Gasteiger charge is 2.20. The third kappa shape index (κ3) is 2.55. The summed E-state index contributed by atoms with van der Waals surface area (Å²) in [7, 11) is 3.85. The monoisotopic (exact) mass is 274 g/mol. The molecule has 6 nitrogen and oxygen atoms in total. The van der Waals surface area contributed by atoms with Crippen LogP contribution in [0.5, 0.6) is 0 Å². The van der Waals surface area contributed by atoms with Gasteiger partial charge in [0.25, 0.3) is 5.69 Å². The van der Waals surface area contributed by atoms with E-state index in [1.807, 2.05) is 30.2 Å². The summed E-state index contributed by atoms with van der Waals surface area (Å²) in [6.45, 7) is 2.87. The van der Waals surface area contributed by atoms with E-state index >= 15 is 0 Å². The summed E-state index contributed by atoms with van der Waals surface area (Å²) in [4.78, 5) is 15.1.